The van der Waals surface area contributed by atoms with Gasteiger partial charge in [0, 0.05) is 22.1 Å². The monoisotopic (exact) mass is 323 g/mol. The molecule has 0 unspecified atom stereocenters. The fourth-order valence-electron chi connectivity index (χ4n) is 0.977. The fraction of sp³-hybridized carbons (Fsp3) is 0.125. The summed E-state index contributed by atoms with van der Waals surface area (Å²) in [5, 5.41) is 18.9. The molecule has 6 nitrogen and oxygen atoms in total. The number of hydrogen-bond acceptors (Lipinski definition) is 4. The second kappa shape index (κ2) is 4.91. The lowest BCUT2D eigenvalue weighted by atomic mass is 10.2. The van der Waals surface area contributed by atoms with Crippen LogP contribution in [0.2, 0.25) is 0 Å². The van der Waals surface area contributed by atoms with Crippen molar-refractivity contribution >= 4 is 34.4 Å². The van der Waals surface area contributed by atoms with Crippen molar-refractivity contribution in [2.45, 2.75) is 4.43 Å². The molecule has 0 spiro atoms. The van der Waals surface area contributed by atoms with E-state index in [4.69, 9.17) is 5.11 Å². The Morgan fingerprint density at radius 3 is 2.73 bits per heavy atom. The minimum Gasteiger partial charge on any atom is -0.449 e. The number of non-ortho nitro benzene ring substituents is 1. The molecule has 0 aromatic heterocycles. The standard InChI is InChI=1S/C8H6INO5/c9-4-5-3-6(10(13)14)1-2-7(5)15-8(11)12/h1-3H,4H2,(H,11,12). The summed E-state index contributed by atoms with van der Waals surface area (Å²) >= 11 is 1.97. The van der Waals surface area contributed by atoms with E-state index in [-0.39, 0.29) is 11.4 Å². The Labute approximate surface area is 98.1 Å². The molecule has 80 valence electrons. The minimum atomic E-state index is -1.44. The van der Waals surface area contributed by atoms with E-state index >= 15 is 0 Å². The Kier molecular flexibility index (Phi) is 3.83. The van der Waals surface area contributed by atoms with Gasteiger partial charge in [-0.2, -0.15) is 0 Å². The third-order valence-corrected chi connectivity index (χ3v) is 2.42. The van der Waals surface area contributed by atoms with Crippen molar-refractivity contribution in [3.8, 4) is 5.75 Å². The third-order valence-electron chi connectivity index (χ3n) is 1.60. The molecule has 0 aliphatic rings. The lowest BCUT2D eigenvalue weighted by molar-refractivity contribution is -0.384. The Bertz CT molecular complexity index is 406. The van der Waals surface area contributed by atoms with Crippen LogP contribution in [-0.4, -0.2) is 16.2 Å². The van der Waals surface area contributed by atoms with Crippen LogP contribution >= 0.6 is 22.6 Å². The number of nitrogens with zero attached hydrogens (tertiary/aromatic N) is 1. The molecular weight excluding hydrogens is 317 g/mol. The largest absolute Gasteiger partial charge is 0.511 e. The van der Waals surface area contributed by atoms with Crippen molar-refractivity contribution in [3.05, 3.63) is 33.9 Å². The molecular formula is C8H6INO5. The number of rotatable bonds is 3. The number of ether oxygens (including phenoxy) is 1. The number of halogens is 1. The summed E-state index contributed by atoms with van der Waals surface area (Å²) in [7, 11) is 0. The molecule has 0 saturated carbocycles. The van der Waals surface area contributed by atoms with Gasteiger partial charge in [-0.05, 0) is 6.07 Å². The van der Waals surface area contributed by atoms with Crippen molar-refractivity contribution in [3.63, 3.8) is 0 Å². The lowest BCUT2D eigenvalue weighted by Gasteiger charge is -2.04. The normalized spacial score (nSPS) is 9.67. The van der Waals surface area contributed by atoms with Crippen molar-refractivity contribution < 1.29 is 19.6 Å². The maximum absolute atomic E-state index is 10.4. The summed E-state index contributed by atoms with van der Waals surface area (Å²) in [6.45, 7) is 0. The lowest BCUT2D eigenvalue weighted by Crippen LogP contribution is -2.05. The number of nitro benzene ring substituents is 1. The van der Waals surface area contributed by atoms with Crippen LogP contribution in [-0.2, 0) is 4.43 Å². The van der Waals surface area contributed by atoms with E-state index in [0.717, 1.165) is 0 Å². The van der Waals surface area contributed by atoms with Crippen LogP contribution in [0.1, 0.15) is 5.56 Å². The van der Waals surface area contributed by atoms with Crippen LogP contribution in [0.5, 0.6) is 5.75 Å². The maximum atomic E-state index is 10.4. The Hall–Kier alpha value is -1.38. The van der Waals surface area contributed by atoms with E-state index in [1.165, 1.54) is 18.2 Å². The number of carboxylic acid groups (broad SMARTS) is 1. The predicted molar refractivity (Wildman–Crippen MR) is 59.5 cm³/mol. The molecule has 0 aliphatic carbocycles. The number of hydrogen-bond donors (Lipinski definition) is 1. The summed E-state index contributed by atoms with van der Waals surface area (Å²) < 4.78 is 4.89. The second-order valence-electron chi connectivity index (χ2n) is 2.55. The highest BCUT2D eigenvalue weighted by Gasteiger charge is 2.12. The van der Waals surface area contributed by atoms with Gasteiger partial charge in [-0.15, -0.1) is 0 Å². The van der Waals surface area contributed by atoms with Crippen LogP contribution in [0.25, 0.3) is 0 Å². The molecule has 1 aromatic rings. The highest BCUT2D eigenvalue weighted by Crippen LogP contribution is 2.26. The van der Waals surface area contributed by atoms with Crippen LogP contribution < -0.4 is 4.74 Å². The summed E-state index contributed by atoms with van der Waals surface area (Å²) in [6.07, 6.45) is -1.44. The molecule has 0 fully saturated rings. The first-order chi connectivity index (χ1) is 7.04. The first-order valence-corrected chi connectivity index (χ1v) is 5.31. The average Bonchev–Trinajstić information content (AvgIpc) is 2.17. The van der Waals surface area contributed by atoms with E-state index < -0.39 is 11.1 Å². The molecule has 0 aliphatic heterocycles. The zero-order chi connectivity index (χ0) is 11.4. The van der Waals surface area contributed by atoms with Crippen LogP contribution in [0.4, 0.5) is 10.5 Å². The van der Waals surface area contributed by atoms with E-state index in [2.05, 4.69) is 4.74 Å². The SMILES string of the molecule is O=C(O)Oc1ccc([N+](=O)[O-])cc1CI. The summed E-state index contributed by atoms with van der Waals surface area (Å²) in [6, 6.07) is 3.78. The Morgan fingerprint density at radius 1 is 1.60 bits per heavy atom. The smallest absolute Gasteiger partial charge is 0.449 e. The zero-order valence-electron chi connectivity index (χ0n) is 7.34. The highest BCUT2D eigenvalue weighted by molar-refractivity contribution is 14.1. The Morgan fingerprint density at radius 2 is 2.27 bits per heavy atom. The second-order valence-corrected chi connectivity index (χ2v) is 3.31. The van der Waals surface area contributed by atoms with Gasteiger partial charge in [0.05, 0.1) is 4.92 Å². The molecule has 1 aromatic carbocycles. The minimum absolute atomic E-state index is 0.0839. The van der Waals surface area contributed by atoms with Gasteiger partial charge in [0.1, 0.15) is 5.75 Å². The van der Waals surface area contributed by atoms with Crippen LogP contribution in [0.3, 0.4) is 0 Å². The van der Waals surface area contributed by atoms with Gasteiger partial charge in [0.25, 0.3) is 5.69 Å². The molecule has 0 bridgehead atoms. The number of alkyl halides is 1. The van der Waals surface area contributed by atoms with Gasteiger partial charge in [-0.3, -0.25) is 10.1 Å². The van der Waals surface area contributed by atoms with Crippen LogP contribution in [0.15, 0.2) is 18.2 Å². The number of benzene rings is 1. The molecule has 0 atom stereocenters. The van der Waals surface area contributed by atoms with Gasteiger partial charge < -0.3 is 9.84 Å². The fourth-order valence-corrected chi connectivity index (χ4v) is 1.57. The summed E-state index contributed by atoms with van der Waals surface area (Å²) in [4.78, 5) is 20.2. The topological polar surface area (TPSA) is 89.7 Å². The van der Waals surface area contributed by atoms with E-state index in [1.807, 2.05) is 22.6 Å². The van der Waals surface area contributed by atoms with Gasteiger partial charge in [-0.1, -0.05) is 22.6 Å². The van der Waals surface area contributed by atoms with E-state index in [1.54, 1.807) is 0 Å². The van der Waals surface area contributed by atoms with Gasteiger partial charge in [0.2, 0.25) is 0 Å². The van der Waals surface area contributed by atoms with Crippen molar-refractivity contribution in [2.75, 3.05) is 0 Å². The van der Waals surface area contributed by atoms with E-state index in [0.29, 0.717) is 9.99 Å². The molecule has 15 heavy (non-hydrogen) atoms. The molecule has 0 heterocycles. The van der Waals surface area contributed by atoms with Crippen molar-refractivity contribution in [2.24, 2.45) is 0 Å². The summed E-state index contributed by atoms with van der Waals surface area (Å²) in [5.74, 6) is 0.127. The molecule has 0 amide bonds. The first kappa shape index (κ1) is 11.7. The predicted octanol–water partition coefficient (Wildman–Crippen LogP) is 2.59. The number of nitro groups is 1. The zero-order valence-corrected chi connectivity index (χ0v) is 9.50. The number of carbonyl (C=O) groups is 1. The molecule has 1 rings (SSSR count). The molecule has 0 radical (unpaired) electrons. The summed E-state index contributed by atoms with van der Waals surface area (Å²) in [5.41, 5.74) is 0.395. The first-order valence-electron chi connectivity index (χ1n) is 3.78. The third kappa shape index (κ3) is 3.05. The van der Waals surface area contributed by atoms with E-state index in [9.17, 15) is 14.9 Å². The average molecular weight is 323 g/mol. The quantitative estimate of drug-likeness (QED) is 0.231. The van der Waals surface area contributed by atoms with Gasteiger partial charge in [-0.25, -0.2) is 4.79 Å². The Balaban J connectivity index is 3.08. The van der Waals surface area contributed by atoms with Crippen molar-refractivity contribution in [1.82, 2.24) is 0 Å². The van der Waals surface area contributed by atoms with Crippen molar-refractivity contribution in [1.29, 1.82) is 0 Å². The van der Waals surface area contributed by atoms with Gasteiger partial charge >= 0.3 is 6.16 Å². The molecule has 1 N–H and O–H groups in total. The highest BCUT2D eigenvalue weighted by atomic mass is 127. The maximum Gasteiger partial charge on any atom is 0.511 e. The van der Waals surface area contributed by atoms with Crippen LogP contribution in [0, 0.1) is 10.1 Å². The molecule has 7 heteroatoms. The van der Waals surface area contributed by atoms with Gasteiger partial charge in [0.15, 0.2) is 0 Å². The molecule has 0 saturated heterocycles.